The summed E-state index contributed by atoms with van der Waals surface area (Å²) in [6, 6.07) is 7.15. The normalized spacial score (nSPS) is 21.2. The van der Waals surface area contributed by atoms with E-state index in [9.17, 15) is 9.59 Å². The number of benzene rings is 1. The van der Waals surface area contributed by atoms with Crippen molar-refractivity contribution in [3.8, 4) is 0 Å². The van der Waals surface area contributed by atoms with Crippen LogP contribution in [0.4, 0.5) is 5.69 Å². The Hall–Kier alpha value is -1.59. The molecule has 138 valence electrons. The zero-order valence-electron chi connectivity index (χ0n) is 15.1. The van der Waals surface area contributed by atoms with Gasteiger partial charge in [-0.3, -0.25) is 9.59 Å². The van der Waals surface area contributed by atoms with Crippen LogP contribution in [0, 0.1) is 11.3 Å². The van der Waals surface area contributed by atoms with E-state index in [0.29, 0.717) is 11.3 Å². The number of carbonyl (C=O) groups excluding carboxylic acids is 2. The molecule has 0 aromatic heterocycles. The number of amides is 2. The Balaban J connectivity index is 0.00000225. The van der Waals surface area contributed by atoms with Gasteiger partial charge in [-0.1, -0.05) is 6.07 Å². The SMILES string of the molecule is CC(C)(C)NC(=O)c1cccc(NC(=O)C2CC23CCNCC3)c1.Cl. The second kappa shape index (κ2) is 7.34. The molecule has 1 aromatic carbocycles. The fraction of sp³-hybridized carbons (Fsp3) is 0.579. The van der Waals surface area contributed by atoms with Crippen molar-refractivity contribution in [2.75, 3.05) is 18.4 Å². The first kappa shape index (κ1) is 19.7. The van der Waals surface area contributed by atoms with Gasteiger partial charge in [0, 0.05) is 22.7 Å². The molecule has 1 unspecified atom stereocenters. The van der Waals surface area contributed by atoms with Crippen molar-refractivity contribution in [1.29, 1.82) is 0 Å². The Bertz CT molecular complexity index is 648. The molecule has 1 aliphatic carbocycles. The number of carbonyl (C=O) groups is 2. The third-order valence-electron chi connectivity index (χ3n) is 4.99. The van der Waals surface area contributed by atoms with Crippen molar-refractivity contribution in [3.05, 3.63) is 29.8 Å². The van der Waals surface area contributed by atoms with Gasteiger partial charge in [0.15, 0.2) is 0 Å². The number of hydrogen-bond donors (Lipinski definition) is 3. The molecule has 1 aromatic rings. The molecule has 2 amide bonds. The van der Waals surface area contributed by atoms with Crippen molar-refractivity contribution in [2.45, 2.75) is 45.6 Å². The summed E-state index contributed by atoms with van der Waals surface area (Å²) in [7, 11) is 0. The Morgan fingerprint density at radius 2 is 1.88 bits per heavy atom. The minimum absolute atomic E-state index is 0. The minimum atomic E-state index is -0.286. The molecular weight excluding hydrogens is 338 g/mol. The second-order valence-corrected chi connectivity index (χ2v) is 8.14. The van der Waals surface area contributed by atoms with E-state index in [1.165, 1.54) is 0 Å². The van der Waals surface area contributed by atoms with Crippen LogP contribution in [-0.2, 0) is 4.79 Å². The molecule has 1 spiro atoms. The van der Waals surface area contributed by atoms with E-state index in [0.717, 1.165) is 32.4 Å². The van der Waals surface area contributed by atoms with Gasteiger partial charge in [0.25, 0.3) is 5.91 Å². The lowest BCUT2D eigenvalue weighted by Gasteiger charge is -2.23. The molecule has 0 radical (unpaired) electrons. The first-order valence-corrected chi connectivity index (χ1v) is 8.73. The van der Waals surface area contributed by atoms with Crippen LogP contribution < -0.4 is 16.0 Å². The van der Waals surface area contributed by atoms with Crippen LogP contribution >= 0.6 is 12.4 Å². The van der Waals surface area contributed by atoms with Gasteiger partial charge in [-0.25, -0.2) is 0 Å². The zero-order valence-corrected chi connectivity index (χ0v) is 16.0. The van der Waals surface area contributed by atoms with E-state index in [4.69, 9.17) is 0 Å². The lowest BCUT2D eigenvalue weighted by molar-refractivity contribution is -0.118. The summed E-state index contributed by atoms with van der Waals surface area (Å²) >= 11 is 0. The first-order valence-electron chi connectivity index (χ1n) is 8.73. The molecule has 3 rings (SSSR count). The predicted octanol–water partition coefficient (Wildman–Crippen LogP) is 2.96. The van der Waals surface area contributed by atoms with Gasteiger partial charge in [-0.05, 0) is 76.7 Å². The molecule has 1 atom stereocenters. The molecule has 2 aliphatic rings. The summed E-state index contributed by atoms with van der Waals surface area (Å²) in [5, 5.41) is 9.29. The number of anilines is 1. The predicted molar refractivity (Wildman–Crippen MR) is 102 cm³/mol. The van der Waals surface area contributed by atoms with Gasteiger partial charge in [0.1, 0.15) is 0 Å². The highest BCUT2D eigenvalue weighted by atomic mass is 35.5. The van der Waals surface area contributed by atoms with Crippen LogP contribution in [0.15, 0.2) is 24.3 Å². The number of rotatable bonds is 3. The number of piperidine rings is 1. The molecule has 1 heterocycles. The fourth-order valence-corrected chi connectivity index (χ4v) is 3.58. The topological polar surface area (TPSA) is 70.2 Å². The van der Waals surface area contributed by atoms with E-state index in [2.05, 4.69) is 16.0 Å². The van der Waals surface area contributed by atoms with Crippen molar-refractivity contribution < 1.29 is 9.59 Å². The quantitative estimate of drug-likeness (QED) is 0.771. The molecule has 1 aliphatic heterocycles. The summed E-state index contributed by atoms with van der Waals surface area (Å²) in [4.78, 5) is 24.8. The third-order valence-corrected chi connectivity index (χ3v) is 4.99. The maximum atomic E-state index is 12.5. The van der Waals surface area contributed by atoms with E-state index < -0.39 is 0 Å². The van der Waals surface area contributed by atoms with Crippen molar-refractivity contribution in [3.63, 3.8) is 0 Å². The van der Waals surface area contributed by atoms with Crippen LogP contribution in [0.2, 0.25) is 0 Å². The number of nitrogens with one attached hydrogen (secondary N) is 3. The lowest BCUT2D eigenvalue weighted by Crippen LogP contribution is -2.40. The average molecular weight is 366 g/mol. The van der Waals surface area contributed by atoms with Crippen LogP contribution in [0.25, 0.3) is 0 Å². The molecule has 1 saturated carbocycles. The van der Waals surface area contributed by atoms with Gasteiger partial charge < -0.3 is 16.0 Å². The molecule has 2 fully saturated rings. The second-order valence-electron chi connectivity index (χ2n) is 8.14. The van der Waals surface area contributed by atoms with E-state index >= 15 is 0 Å². The maximum absolute atomic E-state index is 12.5. The fourth-order valence-electron chi connectivity index (χ4n) is 3.58. The van der Waals surface area contributed by atoms with Gasteiger partial charge in [-0.2, -0.15) is 0 Å². The highest BCUT2D eigenvalue weighted by Gasteiger charge is 2.57. The Kier molecular flexibility index (Phi) is 5.79. The summed E-state index contributed by atoms with van der Waals surface area (Å²) in [6.07, 6.45) is 3.16. The van der Waals surface area contributed by atoms with Gasteiger partial charge in [0.05, 0.1) is 0 Å². The summed E-state index contributed by atoms with van der Waals surface area (Å²) in [5.41, 5.74) is 1.19. The van der Waals surface area contributed by atoms with Gasteiger partial charge in [0.2, 0.25) is 5.91 Å². The van der Waals surface area contributed by atoms with Crippen LogP contribution in [0.1, 0.15) is 50.4 Å². The minimum Gasteiger partial charge on any atom is -0.347 e. The van der Waals surface area contributed by atoms with Crippen LogP contribution in [0.5, 0.6) is 0 Å². The van der Waals surface area contributed by atoms with Crippen LogP contribution in [0.3, 0.4) is 0 Å². The number of halogens is 1. The molecule has 5 nitrogen and oxygen atoms in total. The molecule has 0 bridgehead atoms. The Morgan fingerprint density at radius 3 is 2.52 bits per heavy atom. The monoisotopic (exact) mass is 365 g/mol. The van der Waals surface area contributed by atoms with E-state index in [-0.39, 0.29) is 41.1 Å². The standard InChI is InChI=1S/C19H27N3O2.ClH/c1-18(2,3)22-16(23)13-5-4-6-14(11-13)21-17(24)15-12-19(15)7-9-20-10-8-19;/h4-6,11,15,20H,7-10,12H2,1-3H3,(H,21,24)(H,22,23);1H. The Morgan fingerprint density at radius 1 is 1.20 bits per heavy atom. The van der Waals surface area contributed by atoms with Crippen molar-refractivity contribution in [2.24, 2.45) is 11.3 Å². The molecular formula is C19H28ClN3O2. The largest absolute Gasteiger partial charge is 0.347 e. The van der Waals surface area contributed by atoms with E-state index in [1.54, 1.807) is 18.2 Å². The molecule has 3 N–H and O–H groups in total. The average Bonchev–Trinajstić information content (AvgIpc) is 3.20. The van der Waals surface area contributed by atoms with E-state index in [1.807, 2.05) is 26.8 Å². The summed E-state index contributed by atoms with van der Waals surface area (Å²) < 4.78 is 0. The molecule has 25 heavy (non-hydrogen) atoms. The lowest BCUT2D eigenvalue weighted by atomic mass is 9.92. The Labute approximate surface area is 155 Å². The first-order chi connectivity index (χ1) is 11.3. The highest BCUT2D eigenvalue weighted by Crippen LogP contribution is 2.58. The summed E-state index contributed by atoms with van der Waals surface area (Å²) in [6.45, 7) is 7.85. The highest BCUT2D eigenvalue weighted by molar-refractivity contribution is 5.98. The third kappa shape index (κ3) is 4.73. The maximum Gasteiger partial charge on any atom is 0.251 e. The smallest absolute Gasteiger partial charge is 0.251 e. The molecule has 1 saturated heterocycles. The van der Waals surface area contributed by atoms with Crippen molar-refractivity contribution >= 4 is 29.9 Å². The van der Waals surface area contributed by atoms with Gasteiger partial charge >= 0.3 is 0 Å². The van der Waals surface area contributed by atoms with Crippen molar-refractivity contribution in [1.82, 2.24) is 10.6 Å². The molecule has 6 heteroatoms. The van der Waals surface area contributed by atoms with Crippen LogP contribution in [-0.4, -0.2) is 30.4 Å². The summed E-state index contributed by atoms with van der Waals surface area (Å²) in [5.74, 6) is 0.0804. The zero-order chi connectivity index (χ0) is 17.4. The number of hydrogen-bond acceptors (Lipinski definition) is 3. The van der Waals surface area contributed by atoms with Gasteiger partial charge in [-0.15, -0.1) is 12.4 Å².